The maximum Gasteiger partial charge on any atom is 0.250 e. The normalized spacial score (nSPS) is 10.8. The van der Waals surface area contributed by atoms with Gasteiger partial charge in [-0.25, -0.2) is 0 Å². The SMILES string of the molecule is O=C(/C=C/c1ccc(-c2ccc(Cl)cc2Cl)o1)NC(=S)Nc1ccc(NC(=O)Cc2ccccc2)cc1. The third-order valence-electron chi connectivity index (χ3n) is 5.09. The summed E-state index contributed by atoms with van der Waals surface area (Å²) in [6.07, 6.45) is 3.13. The van der Waals surface area contributed by atoms with Gasteiger partial charge in [0, 0.05) is 28.0 Å². The van der Waals surface area contributed by atoms with Crippen molar-refractivity contribution in [3.63, 3.8) is 0 Å². The van der Waals surface area contributed by atoms with E-state index in [2.05, 4.69) is 16.0 Å². The zero-order chi connectivity index (χ0) is 26.2. The van der Waals surface area contributed by atoms with E-state index in [1.807, 2.05) is 30.3 Å². The highest BCUT2D eigenvalue weighted by atomic mass is 35.5. The lowest BCUT2D eigenvalue weighted by Gasteiger charge is -2.10. The van der Waals surface area contributed by atoms with E-state index in [0.717, 1.165) is 5.56 Å². The van der Waals surface area contributed by atoms with Crippen LogP contribution in [0.5, 0.6) is 0 Å². The Balaban J connectivity index is 1.25. The van der Waals surface area contributed by atoms with Crippen LogP contribution >= 0.6 is 35.4 Å². The van der Waals surface area contributed by atoms with Gasteiger partial charge >= 0.3 is 0 Å². The monoisotopic (exact) mass is 549 g/mol. The van der Waals surface area contributed by atoms with Crippen molar-refractivity contribution < 1.29 is 14.0 Å². The van der Waals surface area contributed by atoms with Crippen molar-refractivity contribution in [3.05, 3.63) is 112 Å². The third-order valence-corrected chi connectivity index (χ3v) is 5.85. The second-order valence-corrected chi connectivity index (χ2v) is 9.14. The molecule has 0 aliphatic rings. The van der Waals surface area contributed by atoms with Gasteiger partial charge in [0.2, 0.25) is 11.8 Å². The molecule has 0 bridgehead atoms. The van der Waals surface area contributed by atoms with Crippen molar-refractivity contribution in [2.75, 3.05) is 10.6 Å². The number of halogens is 2. The lowest BCUT2D eigenvalue weighted by Crippen LogP contribution is -2.32. The van der Waals surface area contributed by atoms with E-state index in [1.165, 1.54) is 12.2 Å². The summed E-state index contributed by atoms with van der Waals surface area (Å²) in [5.74, 6) is 0.491. The van der Waals surface area contributed by atoms with Crippen LogP contribution in [0, 0.1) is 0 Å². The van der Waals surface area contributed by atoms with E-state index >= 15 is 0 Å². The molecule has 3 N–H and O–H groups in total. The Bertz CT molecular complexity index is 1450. The molecule has 0 aliphatic carbocycles. The molecular weight excluding hydrogens is 529 g/mol. The highest BCUT2D eigenvalue weighted by Gasteiger charge is 2.09. The van der Waals surface area contributed by atoms with Crippen LogP contribution in [0.2, 0.25) is 10.0 Å². The zero-order valence-electron chi connectivity index (χ0n) is 19.3. The number of furan rings is 1. The molecule has 2 amide bonds. The minimum atomic E-state index is -0.426. The maximum absolute atomic E-state index is 12.3. The summed E-state index contributed by atoms with van der Waals surface area (Å²) in [4.78, 5) is 24.5. The minimum absolute atomic E-state index is 0.110. The summed E-state index contributed by atoms with van der Waals surface area (Å²) in [5.41, 5.74) is 2.95. The van der Waals surface area contributed by atoms with Gasteiger partial charge < -0.3 is 15.1 Å². The van der Waals surface area contributed by atoms with Crippen LogP contribution < -0.4 is 16.0 Å². The highest BCUT2D eigenvalue weighted by molar-refractivity contribution is 7.80. The number of benzene rings is 3. The molecule has 6 nitrogen and oxygen atoms in total. The van der Waals surface area contributed by atoms with Crippen molar-refractivity contribution in [3.8, 4) is 11.3 Å². The predicted molar refractivity (Wildman–Crippen MR) is 153 cm³/mol. The van der Waals surface area contributed by atoms with E-state index in [1.54, 1.807) is 54.6 Å². The fraction of sp³-hybridized carbons (Fsp3) is 0.0357. The topological polar surface area (TPSA) is 83.4 Å². The molecular formula is C28H21Cl2N3O3S. The molecule has 0 saturated carbocycles. The lowest BCUT2D eigenvalue weighted by atomic mass is 10.1. The summed E-state index contributed by atoms with van der Waals surface area (Å²) < 4.78 is 5.74. The van der Waals surface area contributed by atoms with Crippen LogP contribution in [0.4, 0.5) is 11.4 Å². The third kappa shape index (κ3) is 7.79. The quantitative estimate of drug-likeness (QED) is 0.171. The largest absolute Gasteiger partial charge is 0.457 e. The molecule has 0 radical (unpaired) electrons. The number of carbonyl (C=O) groups excluding carboxylic acids is 2. The van der Waals surface area contributed by atoms with Crippen molar-refractivity contribution >= 4 is 69.8 Å². The number of anilines is 2. The highest BCUT2D eigenvalue weighted by Crippen LogP contribution is 2.31. The summed E-state index contributed by atoms with van der Waals surface area (Å²) >= 11 is 17.4. The van der Waals surface area contributed by atoms with Gasteiger partial charge in [-0.1, -0.05) is 53.5 Å². The molecule has 186 valence electrons. The van der Waals surface area contributed by atoms with Crippen LogP contribution in [0.3, 0.4) is 0 Å². The molecule has 4 aromatic rings. The van der Waals surface area contributed by atoms with Gasteiger partial charge in [-0.05, 0) is 78.5 Å². The summed E-state index contributed by atoms with van der Waals surface area (Å²) in [5, 5.41) is 9.48. The van der Waals surface area contributed by atoms with E-state index in [0.29, 0.717) is 44.9 Å². The summed E-state index contributed by atoms with van der Waals surface area (Å²) in [6.45, 7) is 0. The minimum Gasteiger partial charge on any atom is -0.457 e. The first-order chi connectivity index (χ1) is 17.9. The average molecular weight is 550 g/mol. The first-order valence-corrected chi connectivity index (χ1v) is 12.3. The number of carbonyl (C=O) groups is 2. The van der Waals surface area contributed by atoms with Gasteiger partial charge in [0.15, 0.2) is 5.11 Å². The van der Waals surface area contributed by atoms with Crippen LogP contribution in [-0.2, 0) is 16.0 Å². The van der Waals surface area contributed by atoms with Crippen LogP contribution in [-0.4, -0.2) is 16.9 Å². The van der Waals surface area contributed by atoms with Crippen LogP contribution in [0.1, 0.15) is 11.3 Å². The van der Waals surface area contributed by atoms with Gasteiger partial charge in [-0.2, -0.15) is 0 Å². The van der Waals surface area contributed by atoms with E-state index in [4.69, 9.17) is 39.8 Å². The Hall–Kier alpha value is -3.91. The Morgan fingerprint density at radius 1 is 0.865 bits per heavy atom. The van der Waals surface area contributed by atoms with Crippen molar-refractivity contribution in [2.45, 2.75) is 6.42 Å². The van der Waals surface area contributed by atoms with Gasteiger partial charge in [-0.3, -0.25) is 14.9 Å². The second-order valence-electron chi connectivity index (χ2n) is 7.89. The van der Waals surface area contributed by atoms with Gasteiger partial charge in [0.25, 0.3) is 0 Å². The Morgan fingerprint density at radius 3 is 2.27 bits per heavy atom. The molecule has 4 rings (SSSR count). The van der Waals surface area contributed by atoms with Gasteiger partial charge in [0.05, 0.1) is 11.4 Å². The van der Waals surface area contributed by atoms with Gasteiger partial charge in [0.1, 0.15) is 11.5 Å². The molecule has 1 aromatic heterocycles. The average Bonchev–Trinajstić information content (AvgIpc) is 3.33. The van der Waals surface area contributed by atoms with Crippen molar-refractivity contribution in [1.82, 2.24) is 5.32 Å². The number of thiocarbonyl (C=S) groups is 1. The summed E-state index contributed by atoms with van der Waals surface area (Å²) in [6, 6.07) is 25.1. The Labute approximate surface area is 229 Å². The van der Waals surface area contributed by atoms with Crippen molar-refractivity contribution in [1.29, 1.82) is 0 Å². The Morgan fingerprint density at radius 2 is 1.57 bits per heavy atom. The van der Waals surface area contributed by atoms with Crippen LogP contribution in [0.25, 0.3) is 17.4 Å². The number of hydrogen-bond donors (Lipinski definition) is 3. The molecule has 0 spiro atoms. The predicted octanol–water partition coefficient (Wildman–Crippen LogP) is 6.96. The Kier molecular flexibility index (Phi) is 8.74. The fourth-order valence-electron chi connectivity index (χ4n) is 3.37. The number of rotatable bonds is 7. The maximum atomic E-state index is 12.3. The fourth-order valence-corrected chi connectivity index (χ4v) is 4.09. The molecule has 3 aromatic carbocycles. The first-order valence-electron chi connectivity index (χ1n) is 11.1. The molecule has 0 saturated heterocycles. The van der Waals surface area contributed by atoms with Gasteiger partial charge in [-0.15, -0.1) is 0 Å². The van der Waals surface area contributed by atoms with E-state index in [-0.39, 0.29) is 11.0 Å². The van der Waals surface area contributed by atoms with E-state index < -0.39 is 5.91 Å². The lowest BCUT2D eigenvalue weighted by molar-refractivity contribution is -0.116. The molecule has 0 fully saturated rings. The second kappa shape index (κ2) is 12.4. The smallest absolute Gasteiger partial charge is 0.250 e. The summed E-state index contributed by atoms with van der Waals surface area (Å²) in [7, 11) is 0. The number of hydrogen-bond acceptors (Lipinski definition) is 4. The molecule has 0 atom stereocenters. The number of nitrogens with one attached hydrogen (secondary N) is 3. The standard InChI is InChI=1S/C28H21Cl2N3O3S/c29-19-6-13-23(24(30)17-19)25-14-11-22(36-25)12-15-26(34)33-28(37)32-21-9-7-20(8-10-21)31-27(35)16-18-4-2-1-3-5-18/h1-15,17H,16H2,(H,31,35)(H2,32,33,34,37)/b15-12+. The van der Waals surface area contributed by atoms with Crippen LogP contribution in [0.15, 0.2) is 95.4 Å². The molecule has 37 heavy (non-hydrogen) atoms. The molecule has 0 aliphatic heterocycles. The van der Waals surface area contributed by atoms with E-state index in [9.17, 15) is 9.59 Å². The number of amides is 2. The molecule has 1 heterocycles. The molecule has 0 unspecified atom stereocenters. The molecule has 9 heteroatoms. The van der Waals surface area contributed by atoms with Crippen molar-refractivity contribution in [2.24, 2.45) is 0 Å². The first kappa shape index (κ1) is 26.2. The zero-order valence-corrected chi connectivity index (χ0v) is 21.7.